The van der Waals surface area contributed by atoms with Gasteiger partial charge in [0.05, 0.1) is 12.2 Å². The van der Waals surface area contributed by atoms with E-state index in [4.69, 9.17) is 9.47 Å². The van der Waals surface area contributed by atoms with Gasteiger partial charge < -0.3 is 14.4 Å². The molecule has 0 saturated carbocycles. The third-order valence-corrected chi connectivity index (χ3v) is 3.68. The number of hydrogen-bond acceptors (Lipinski definition) is 3. The van der Waals surface area contributed by atoms with Crippen molar-refractivity contribution in [1.29, 1.82) is 0 Å². The first-order valence-electron chi connectivity index (χ1n) is 7.09. The number of morpholine rings is 1. The molecule has 1 aromatic carbocycles. The number of amides is 1. The number of ether oxygens (including phenoxy) is 2. The van der Waals surface area contributed by atoms with E-state index in [9.17, 15) is 4.79 Å². The smallest absolute Gasteiger partial charge is 0.260 e. The monoisotopic (exact) mass is 277 g/mol. The standard InChI is InChI=1S/C16H23NO3/c1-11-6-5-7-15(14(11)4)19-10-16(18)17-8-12(2)20-13(3)9-17/h5-7,12-13H,8-10H2,1-4H3. The van der Waals surface area contributed by atoms with Gasteiger partial charge in [0.25, 0.3) is 5.91 Å². The van der Waals surface area contributed by atoms with Crippen molar-refractivity contribution >= 4 is 5.91 Å². The molecule has 2 atom stereocenters. The van der Waals surface area contributed by atoms with Crippen LogP contribution < -0.4 is 4.74 Å². The molecule has 2 rings (SSSR count). The van der Waals surface area contributed by atoms with Crippen LogP contribution >= 0.6 is 0 Å². The second-order valence-corrected chi connectivity index (χ2v) is 5.54. The Kier molecular flexibility index (Phi) is 4.65. The molecular formula is C16H23NO3. The maximum absolute atomic E-state index is 12.2. The molecule has 0 radical (unpaired) electrons. The average Bonchev–Trinajstić information content (AvgIpc) is 2.39. The molecule has 1 fully saturated rings. The van der Waals surface area contributed by atoms with Crippen LogP contribution in [0.15, 0.2) is 18.2 Å². The number of benzene rings is 1. The maximum Gasteiger partial charge on any atom is 0.260 e. The molecule has 1 aromatic rings. The van der Waals surface area contributed by atoms with Crippen LogP contribution in [0, 0.1) is 13.8 Å². The second-order valence-electron chi connectivity index (χ2n) is 5.54. The lowest BCUT2D eigenvalue weighted by atomic mass is 10.1. The van der Waals surface area contributed by atoms with E-state index >= 15 is 0 Å². The summed E-state index contributed by atoms with van der Waals surface area (Å²) in [4.78, 5) is 14.0. The molecule has 0 spiro atoms. The molecule has 20 heavy (non-hydrogen) atoms. The maximum atomic E-state index is 12.2. The SMILES string of the molecule is Cc1cccc(OCC(=O)N2CC(C)OC(C)C2)c1C. The van der Waals surface area contributed by atoms with Gasteiger partial charge in [0.1, 0.15) is 5.75 Å². The highest BCUT2D eigenvalue weighted by atomic mass is 16.5. The van der Waals surface area contributed by atoms with Crippen molar-refractivity contribution < 1.29 is 14.3 Å². The highest BCUT2D eigenvalue weighted by Gasteiger charge is 2.26. The predicted molar refractivity (Wildman–Crippen MR) is 78.0 cm³/mol. The van der Waals surface area contributed by atoms with Crippen LogP contribution in [0.25, 0.3) is 0 Å². The zero-order chi connectivity index (χ0) is 14.7. The minimum atomic E-state index is 0.0212. The number of carbonyl (C=O) groups excluding carboxylic acids is 1. The van der Waals surface area contributed by atoms with Gasteiger partial charge in [-0.3, -0.25) is 4.79 Å². The normalized spacial score (nSPS) is 22.7. The van der Waals surface area contributed by atoms with Crippen molar-refractivity contribution in [3.05, 3.63) is 29.3 Å². The van der Waals surface area contributed by atoms with Gasteiger partial charge in [-0.25, -0.2) is 0 Å². The van der Waals surface area contributed by atoms with Gasteiger partial charge in [-0.15, -0.1) is 0 Å². The van der Waals surface area contributed by atoms with E-state index in [0.717, 1.165) is 11.3 Å². The van der Waals surface area contributed by atoms with E-state index in [2.05, 4.69) is 0 Å². The van der Waals surface area contributed by atoms with Crippen LogP contribution in [0.2, 0.25) is 0 Å². The third kappa shape index (κ3) is 3.51. The Labute approximate surface area is 120 Å². The molecule has 0 aromatic heterocycles. The van der Waals surface area contributed by atoms with E-state index in [1.807, 2.05) is 50.8 Å². The minimum absolute atomic E-state index is 0.0212. The molecule has 1 heterocycles. The van der Waals surface area contributed by atoms with Crippen molar-refractivity contribution in [3.63, 3.8) is 0 Å². The fourth-order valence-corrected chi connectivity index (χ4v) is 2.49. The summed E-state index contributed by atoms with van der Waals surface area (Å²) in [7, 11) is 0. The Morgan fingerprint density at radius 1 is 1.30 bits per heavy atom. The Morgan fingerprint density at radius 2 is 1.95 bits per heavy atom. The highest BCUT2D eigenvalue weighted by Crippen LogP contribution is 2.20. The van der Waals surface area contributed by atoms with Crippen LogP contribution in [-0.2, 0) is 9.53 Å². The lowest BCUT2D eigenvalue weighted by Gasteiger charge is -2.35. The van der Waals surface area contributed by atoms with Gasteiger partial charge in [0.2, 0.25) is 0 Å². The first kappa shape index (κ1) is 14.9. The molecule has 2 unspecified atom stereocenters. The fourth-order valence-electron chi connectivity index (χ4n) is 2.49. The number of hydrogen-bond donors (Lipinski definition) is 0. The molecule has 1 aliphatic rings. The van der Waals surface area contributed by atoms with Crippen LogP contribution in [0.1, 0.15) is 25.0 Å². The Morgan fingerprint density at radius 3 is 2.60 bits per heavy atom. The van der Waals surface area contributed by atoms with Gasteiger partial charge in [-0.1, -0.05) is 12.1 Å². The summed E-state index contributed by atoms with van der Waals surface area (Å²) in [6, 6.07) is 5.89. The van der Waals surface area contributed by atoms with Gasteiger partial charge in [-0.05, 0) is 44.9 Å². The predicted octanol–water partition coefficient (Wildman–Crippen LogP) is 2.32. The number of aryl methyl sites for hydroxylation is 1. The van der Waals surface area contributed by atoms with Crippen LogP contribution in [0.5, 0.6) is 5.75 Å². The molecule has 0 bridgehead atoms. The summed E-state index contributed by atoms with van der Waals surface area (Å²) in [6.45, 7) is 9.38. The summed E-state index contributed by atoms with van der Waals surface area (Å²) < 4.78 is 11.3. The van der Waals surface area contributed by atoms with Crippen LogP contribution in [-0.4, -0.2) is 42.7 Å². The van der Waals surface area contributed by atoms with E-state index in [1.165, 1.54) is 5.56 Å². The first-order chi connectivity index (χ1) is 9.47. The van der Waals surface area contributed by atoms with Crippen LogP contribution in [0.3, 0.4) is 0 Å². The Bertz CT molecular complexity index is 477. The van der Waals surface area contributed by atoms with Gasteiger partial charge in [0.15, 0.2) is 6.61 Å². The zero-order valence-electron chi connectivity index (χ0n) is 12.7. The summed E-state index contributed by atoms with van der Waals surface area (Å²) >= 11 is 0. The van der Waals surface area contributed by atoms with E-state index in [-0.39, 0.29) is 24.7 Å². The lowest BCUT2D eigenvalue weighted by molar-refractivity contribution is -0.145. The molecule has 1 aliphatic heterocycles. The van der Waals surface area contributed by atoms with Crippen LogP contribution in [0.4, 0.5) is 0 Å². The summed E-state index contributed by atoms with van der Waals surface area (Å²) in [6.07, 6.45) is 0.173. The summed E-state index contributed by atoms with van der Waals surface area (Å²) in [5.74, 6) is 0.806. The number of rotatable bonds is 3. The molecular weight excluding hydrogens is 254 g/mol. The lowest BCUT2D eigenvalue weighted by Crippen LogP contribution is -2.49. The second kappa shape index (κ2) is 6.27. The molecule has 0 aliphatic carbocycles. The largest absolute Gasteiger partial charge is 0.483 e. The minimum Gasteiger partial charge on any atom is -0.483 e. The van der Waals surface area contributed by atoms with Gasteiger partial charge in [0, 0.05) is 13.1 Å². The molecule has 4 nitrogen and oxygen atoms in total. The zero-order valence-corrected chi connectivity index (χ0v) is 12.7. The summed E-state index contributed by atoms with van der Waals surface area (Å²) in [5.41, 5.74) is 2.26. The van der Waals surface area contributed by atoms with Crippen molar-refractivity contribution in [1.82, 2.24) is 4.90 Å². The average molecular weight is 277 g/mol. The van der Waals surface area contributed by atoms with Crippen molar-refractivity contribution in [2.75, 3.05) is 19.7 Å². The van der Waals surface area contributed by atoms with Crippen molar-refractivity contribution in [3.8, 4) is 5.75 Å². The molecule has 1 amide bonds. The molecule has 0 N–H and O–H groups in total. The molecule has 110 valence electrons. The topological polar surface area (TPSA) is 38.8 Å². The highest BCUT2D eigenvalue weighted by molar-refractivity contribution is 5.78. The van der Waals surface area contributed by atoms with Gasteiger partial charge >= 0.3 is 0 Å². The summed E-state index contributed by atoms with van der Waals surface area (Å²) in [5, 5.41) is 0. The van der Waals surface area contributed by atoms with Crippen molar-refractivity contribution in [2.24, 2.45) is 0 Å². The van der Waals surface area contributed by atoms with Gasteiger partial charge in [-0.2, -0.15) is 0 Å². The number of carbonyl (C=O) groups is 1. The Balaban J connectivity index is 1.93. The quantitative estimate of drug-likeness (QED) is 0.851. The molecule has 4 heteroatoms. The first-order valence-corrected chi connectivity index (χ1v) is 7.09. The number of nitrogens with zero attached hydrogens (tertiary/aromatic N) is 1. The Hall–Kier alpha value is -1.55. The van der Waals surface area contributed by atoms with E-state index < -0.39 is 0 Å². The van der Waals surface area contributed by atoms with E-state index in [1.54, 1.807) is 0 Å². The fraction of sp³-hybridized carbons (Fsp3) is 0.562. The third-order valence-electron chi connectivity index (χ3n) is 3.68. The molecule has 1 saturated heterocycles. The van der Waals surface area contributed by atoms with E-state index in [0.29, 0.717) is 13.1 Å². The van der Waals surface area contributed by atoms with Crippen molar-refractivity contribution in [2.45, 2.75) is 39.9 Å².